The van der Waals surface area contributed by atoms with Crippen LogP contribution in [-0.2, 0) is 4.74 Å². The van der Waals surface area contributed by atoms with Crippen molar-refractivity contribution < 1.29 is 9.15 Å². The molecule has 1 aliphatic heterocycles. The van der Waals surface area contributed by atoms with Gasteiger partial charge in [-0.25, -0.2) is 4.98 Å². The summed E-state index contributed by atoms with van der Waals surface area (Å²) in [6.07, 6.45) is 0. The number of morpholine rings is 1. The van der Waals surface area contributed by atoms with Crippen molar-refractivity contribution >= 4 is 5.88 Å². The molecule has 2 aromatic rings. The van der Waals surface area contributed by atoms with E-state index in [1.807, 2.05) is 19.9 Å². The maximum atomic E-state index is 9.31. The molecule has 0 bridgehead atoms. The van der Waals surface area contributed by atoms with E-state index in [4.69, 9.17) is 9.15 Å². The quantitative estimate of drug-likeness (QED) is 0.871. The monoisotopic (exact) mass is 340 g/mol. The SMILES string of the molecule is CC(C)c1nc(C#N)c(NC[C@@H](c2ccccc2)N2CCOCC2)o1. The normalized spacial score (nSPS) is 16.6. The summed E-state index contributed by atoms with van der Waals surface area (Å²) < 4.78 is 11.2. The Labute approximate surface area is 148 Å². The highest BCUT2D eigenvalue weighted by Crippen LogP contribution is 2.26. The van der Waals surface area contributed by atoms with Crippen LogP contribution in [0.15, 0.2) is 34.7 Å². The summed E-state index contributed by atoms with van der Waals surface area (Å²) in [7, 11) is 0. The zero-order valence-corrected chi connectivity index (χ0v) is 14.7. The number of nitrogens with one attached hydrogen (secondary N) is 1. The van der Waals surface area contributed by atoms with Crippen molar-refractivity contribution in [2.24, 2.45) is 0 Å². The van der Waals surface area contributed by atoms with Crippen LogP contribution in [0, 0.1) is 11.3 Å². The molecule has 132 valence electrons. The largest absolute Gasteiger partial charge is 0.424 e. The molecular formula is C19H24N4O2. The maximum Gasteiger partial charge on any atom is 0.232 e. The summed E-state index contributed by atoms with van der Waals surface area (Å²) in [4.78, 5) is 6.67. The Morgan fingerprint density at radius 3 is 2.60 bits per heavy atom. The van der Waals surface area contributed by atoms with Crippen LogP contribution in [-0.4, -0.2) is 42.7 Å². The lowest BCUT2D eigenvalue weighted by atomic mass is 10.0. The van der Waals surface area contributed by atoms with Gasteiger partial charge in [0, 0.05) is 25.6 Å². The highest BCUT2D eigenvalue weighted by molar-refractivity contribution is 5.46. The van der Waals surface area contributed by atoms with Crippen molar-refractivity contribution in [3.05, 3.63) is 47.5 Å². The number of hydrogen-bond acceptors (Lipinski definition) is 6. The molecule has 3 rings (SSSR count). The molecule has 1 atom stereocenters. The highest BCUT2D eigenvalue weighted by atomic mass is 16.5. The number of benzene rings is 1. The van der Waals surface area contributed by atoms with E-state index in [1.54, 1.807) is 0 Å². The van der Waals surface area contributed by atoms with Crippen molar-refractivity contribution in [3.8, 4) is 6.07 Å². The molecule has 0 amide bonds. The van der Waals surface area contributed by atoms with E-state index in [9.17, 15) is 5.26 Å². The molecule has 0 saturated carbocycles. The maximum absolute atomic E-state index is 9.31. The average Bonchev–Trinajstić information content (AvgIpc) is 3.07. The summed E-state index contributed by atoms with van der Waals surface area (Å²) in [6.45, 7) is 7.90. The highest BCUT2D eigenvalue weighted by Gasteiger charge is 2.24. The summed E-state index contributed by atoms with van der Waals surface area (Å²) in [6, 6.07) is 12.7. The number of oxazole rings is 1. The van der Waals surface area contributed by atoms with E-state index in [0.29, 0.717) is 24.0 Å². The van der Waals surface area contributed by atoms with Gasteiger partial charge in [-0.15, -0.1) is 0 Å². The minimum absolute atomic E-state index is 0.145. The van der Waals surface area contributed by atoms with Gasteiger partial charge in [-0.05, 0) is 5.56 Å². The third-order valence-corrected chi connectivity index (χ3v) is 4.37. The van der Waals surface area contributed by atoms with Gasteiger partial charge >= 0.3 is 0 Å². The van der Waals surface area contributed by atoms with Gasteiger partial charge in [-0.1, -0.05) is 44.2 Å². The molecule has 1 saturated heterocycles. The van der Waals surface area contributed by atoms with E-state index < -0.39 is 0 Å². The van der Waals surface area contributed by atoms with Crippen LogP contribution in [0.1, 0.15) is 43.0 Å². The third-order valence-electron chi connectivity index (χ3n) is 4.37. The molecule has 25 heavy (non-hydrogen) atoms. The van der Waals surface area contributed by atoms with Crippen LogP contribution in [0.25, 0.3) is 0 Å². The van der Waals surface area contributed by atoms with E-state index in [0.717, 1.165) is 26.3 Å². The molecular weight excluding hydrogens is 316 g/mol. The molecule has 2 heterocycles. The van der Waals surface area contributed by atoms with Crippen LogP contribution in [0.2, 0.25) is 0 Å². The molecule has 1 fully saturated rings. The minimum Gasteiger partial charge on any atom is -0.424 e. The molecule has 0 radical (unpaired) electrons. The van der Waals surface area contributed by atoms with E-state index in [2.05, 4.69) is 45.5 Å². The molecule has 0 unspecified atom stereocenters. The van der Waals surface area contributed by atoms with E-state index in [1.165, 1.54) is 5.56 Å². The Bertz CT molecular complexity index is 715. The van der Waals surface area contributed by atoms with Crippen LogP contribution in [0.4, 0.5) is 5.88 Å². The van der Waals surface area contributed by atoms with Gasteiger partial charge in [0.1, 0.15) is 6.07 Å². The van der Waals surface area contributed by atoms with Crippen LogP contribution in [0.5, 0.6) is 0 Å². The smallest absolute Gasteiger partial charge is 0.232 e. The number of aromatic nitrogens is 1. The Morgan fingerprint density at radius 2 is 1.96 bits per heavy atom. The summed E-state index contributed by atoms with van der Waals surface area (Å²) in [5.74, 6) is 1.19. The second kappa shape index (κ2) is 8.15. The summed E-state index contributed by atoms with van der Waals surface area (Å²) in [5.41, 5.74) is 1.55. The Kier molecular flexibility index (Phi) is 5.69. The summed E-state index contributed by atoms with van der Waals surface area (Å²) in [5, 5.41) is 12.6. The first-order valence-corrected chi connectivity index (χ1v) is 8.70. The fourth-order valence-corrected chi connectivity index (χ4v) is 2.99. The topological polar surface area (TPSA) is 74.3 Å². The molecule has 1 N–H and O–H groups in total. The van der Waals surface area contributed by atoms with Crippen molar-refractivity contribution in [2.45, 2.75) is 25.8 Å². The minimum atomic E-state index is 0.145. The Morgan fingerprint density at radius 1 is 1.24 bits per heavy atom. The first-order chi connectivity index (χ1) is 12.2. The van der Waals surface area contributed by atoms with Crippen molar-refractivity contribution in [1.29, 1.82) is 5.26 Å². The van der Waals surface area contributed by atoms with Crippen LogP contribution < -0.4 is 5.32 Å². The Hall–Kier alpha value is -2.36. The number of ether oxygens (including phenoxy) is 1. The fraction of sp³-hybridized carbons (Fsp3) is 0.474. The van der Waals surface area contributed by atoms with Crippen molar-refractivity contribution in [1.82, 2.24) is 9.88 Å². The van der Waals surface area contributed by atoms with Gasteiger partial charge in [0.15, 0.2) is 0 Å². The second-order valence-corrected chi connectivity index (χ2v) is 6.45. The van der Waals surface area contributed by atoms with Gasteiger partial charge in [0.05, 0.1) is 19.3 Å². The fourth-order valence-electron chi connectivity index (χ4n) is 2.99. The van der Waals surface area contributed by atoms with E-state index >= 15 is 0 Å². The molecule has 1 aromatic carbocycles. The summed E-state index contributed by atoms with van der Waals surface area (Å²) >= 11 is 0. The van der Waals surface area contributed by atoms with Gasteiger partial charge in [-0.3, -0.25) is 4.90 Å². The number of nitriles is 1. The molecule has 6 heteroatoms. The molecule has 0 aliphatic carbocycles. The molecule has 0 spiro atoms. The van der Waals surface area contributed by atoms with Gasteiger partial charge in [0.25, 0.3) is 0 Å². The van der Waals surface area contributed by atoms with E-state index in [-0.39, 0.29) is 12.0 Å². The first kappa shape index (κ1) is 17.5. The number of nitrogens with zero attached hydrogens (tertiary/aromatic N) is 3. The van der Waals surface area contributed by atoms with Crippen molar-refractivity contribution in [3.63, 3.8) is 0 Å². The average molecular weight is 340 g/mol. The predicted octanol–water partition coefficient (Wildman–Crippen LogP) is 3.16. The van der Waals surface area contributed by atoms with Crippen molar-refractivity contribution in [2.75, 3.05) is 38.2 Å². The molecule has 1 aromatic heterocycles. The third kappa shape index (κ3) is 4.19. The zero-order chi connectivity index (χ0) is 17.6. The first-order valence-electron chi connectivity index (χ1n) is 8.70. The van der Waals surface area contributed by atoms with Gasteiger partial charge in [0.2, 0.25) is 17.5 Å². The number of rotatable bonds is 6. The predicted molar refractivity (Wildman–Crippen MR) is 95.4 cm³/mol. The van der Waals surface area contributed by atoms with Gasteiger partial charge < -0.3 is 14.5 Å². The Balaban J connectivity index is 1.78. The lowest BCUT2D eigenvalue weighted by Gasteiger charge is -2.34. The van der Waals surface area contributed by atoms with Gasteiger partial charge in [-0.2, -0.15) is 5.26 Å². The lowest BCUT2D eigenvalue weighted by Crippen LogP contribution is -2.41. The standard InChI is InChI=1S/C19H24N4O2/c1-14(2)18-22-16(12-20)19(25-18)21-13-17(15-6-4-3-5-7-15)23-8-10-24-11-9-23/h3-7,14,17,21H,8-11,13H2,1-2H3/t17-/m0/s1. The number of anilines is 1. The van der Waals surface area contributed by atoms with Crippen LogP contribution >= 0.6 is 0 Å². The molecule has 6 nitrogen and oxygen atoms in total. The van der Waals surface area contributed by atoms with Crippen LogP contribution in [0.3, 0.4) is 0 Å². The zero-order valence-electron chi connectivity index (χ0n) is 14.7. The second-order valence-electron chi connectivity index (χ2n) is 6.45. The molecule has 1 aliphatic rings. The lowest BCUT2D eigenvalue weighted by molar-refractivity contribution is 0.0186. The number of hydrogen-bond donors (Lipinski definition) is 1.